The van der Waals surface area contributed by atoms with E-state index in [1.165, 1.54) is 10.9 Å². The molecule has 0 aliphatic heterocycles. The molecule has 94 valence electrons. The van der Waals surface area contributed by atoms with Crippen LogP contribution in [0.1, 0.15) is 10.4 Å². The summed E-state index contributed by atoms with van der Waals surface area (Å²) in [5, 5.41) is 6.97. The van der Waals surface area contributed by atoms with Gasteiger partial charge >= 0.3 is 0 Å². The number of nitrogens with two attached hydrogens (primary N) is 1. The number of nitrogen functional groups attached to an aromatic ring is 1. The van der Waals surface area contributed by atoms with Crippen molar-refractivity contribution in [2.24, 2.45) is 7.05 Å². The van der Waals surface area contributed by atoms with E-state index in [4.69, 9.17) is 17.3 Å². The number of hydrogen-bond acceptors (Lipinski definition) is 3. The quantitative estimate of drug-likeness (QED) is 0.889. The molecule has 0 radical (unpaired) electrons. The zero-order valence-electron chi connectivity index (χ0n) is 9.45. The van der Waals surface area contributed by atoms with E-state index in [-0.39, 0.29) is 5.91 Å². The Bertz CT molecular complexity index is 592. The highest BCUT2D eigenvalue weighted by Gasteiger charge is 2.15. The number of anilines is 2. The Morgan fingerprint density at radius 3 is 2.89 bits per heavy atom. The minimum Gasteiger partial charge on any atom is -0.394 e. The van der Waals surface area contributed by atoms with Crippen LogP contribution in [0.3, 0.4) is 0 Å². The van der Waals surface area contributed by atoms with Crippen molar-refractivity contribution in [3.63, 3.8) is 0 Å². The van der Waals surface area contributed by atoms with Gasteiger partial charge in [-0.25, -0.2) is 0 Å². The minimum atomic E-state index is -0.336. The third-order valence-corrected chi connectivity index (χ3v) is 3.69. The average molecular weight is 330 g/mol. The molecule has 18 heavy (non-hydrogen) atoms. The van der Waals surface area contributed by atoms with Gasteiger partial charge in [0.2, 0.25) is 0 Å². The number of carbonyl (C=O) groups excluding carboxylic acids is 1. The number of rotatable bonds is 2. The lowest BCUT2D eigenvalue weighted by molar-refractivity contribution is 0.102. The van der Waals surface area contributed by atoms with Crippen LogP contribution >= 0.6 is 27.5 Å². The van der Waals surface area contributed by atoms with E-state index < -0.39 is 0 Å². The van der Waals surface area contributed by atoms with Gasteiger partial charge in [0.15, 0.2) is 5.82 Å². The zero-order chi connectivity index (χ0) is 13.3. The number of nitrogens with zero attached hydrogens (tertiary/aromatic N) is 2. The van der Waals surface area contributed by atoms with E-state index in [0.29, 0.717) is 26.6 Å². The van der Waals surface area contributed by atoms with Crippen molar-refractivity contribution in [2.75, 3.05) is 11.1 Å². The molecule has 1 heterocycles. The molecule has 7 heteroatoms. The Kier molecular flexibility index (Phi) is 3.58. The summed E-state index contributed by atoms with van der Waals surface area (Å²) in [6.45, 7) is 0. The molecular formula is C11H10BrClN4O. The van der Waals surface area contributed by atoms with E-state index in [9.17, 15) is 4.79 Å². The second kappa shape index (κ2) is 4.99. The summed E-state index contributed by atoms with van der Waals surface area (Å²) in [7, 11) is 1.69. The van der Waals surface area contributed by atoms with E-state index in [1.807, 2.05) is 0 Å². The Hall–Kier alpha value is -1.53. The van der Waals surface area contributed by atoms with E-state index in [0.717, 1.165) is 0 Å². The van der Waals surface area contributed by atoms with Gasteiger partial charge in [0, 0.05) is 11.5 Å². The van der Waals surface area contributed by atoms with Crippen molar-refractivity contribution in [1.29, 1.82) is 0 Å². The molecule has 0 fully saturated rings. The first-order valence-electron chi connectivity index (χ1n) is 5.03. The standard InChI is InChI=1S/C11H10BrClN4O/c1-17-10(8(14)5-15-17)16-11(18)6-3-2-4-7(12)9(6)13/h2-5H,14H2,1H3,(H,16,18). The fourth-order valence-electron chi connectivity index (χ4n) is 1.46. The molecule has 0 aliphatic carbocycles. The summed E-state index contributed by atoms with van der Waals surface area (Å²) < 4.78 is 2.15. The molecule has 2 rings (SSSR count). The Morgan fingerprint density at radius 2 is 2.28 bits per heavy atom. The number of aryl methyl sites for hydroxylation is 1. The highest BCUT2D eigenvalue weighted by molar-refractivity contribution is 9.10. The molecule has 1 aromatic carbocycles. The second-order valence-electron chi connectivity index (χ2n) is 3.63. The monoisotopic (exact) mass is 328 g/mol. The average Bonchev–Trinajstić information content (AvgIpc) is 2.64. The summed E-state index contributed by atoms with van der Waals surface area (Å²) in [5.41, 5.74) is 6.46. The van der Waals surface area contributed by atoms with Gasteiger partial charge in [0.1, 0.15) is 0 Å². The lowest BCUT2D eigenvalue weighted by Gasteiger charge is -2.08. The predicted molar refractivity (Wildman–Crippen MR) is 74.7 cm³/mol. The van der Waals surface area contributed by atoms with Crippen molar-refractivity contribution in [3.8, 4) is 0 Å². The van der Waals surface area contributed by atoms with Crippen molar-refractivity contribution < 1.29 is 4.79 Å². The number of aromatic nitrogens is 2. The van der Waals surface area contributed by atoms with Crippen LogP contribution in [-0.4, -0.2) is 15.7 Å². The SMILES string of the molecule is Cn1ncc(N)c1NC(=O)c1cccc(Br)c1Cl. The van der Waals surface area contributed by atoms with Gasteiger partial charge < -0.3 is 11.1 Å². The molecule has 2 aromatic rings. The van der Waals surface area contributed by atoms with Gasteiger partial charge in [-0.2, -0.15) is 5.10 Å². The van der Waals surface area contributed by atoms with Gasteiger partial charge in [-0.05, 0) is 28.1 Å². The van der Waals surface area contributed by atoms with Crippen LogP contribution in [0.2, 0.25) is 5.02 Å². The van der Waals surface area contributed by atoms with Gasteiger partial charge in [-0.1, -0.05) is 17.7 Å². The van der Waals surface area contributed by atoms with Crippen LogP contribution in [0, 0.1) is 0 Å². The molecule has 3 N–H and O–H groups in total. The summed E-state index contributed by atoms with van der Waals surface area (Å²) in [6, 6.07) is 5.13. The molecule has 0 spiro atoms. The number of nitrogens with one attached hydrogen (secondary N) is 1. The maximum absolute atomic E-state index is 12.1. The fourth-order valence-corrected chi connectivity index (χ4v) is 2.04. The van der Waals surface area contributed by atoms with Crippen LogP contribution in [0.4, 0.5) is 11.5 Å². The van der Waals surface area contributed by atoms with E-state index in [1.54, 1.807) is 25.2 Å². The summed E-state index contributed by atoms with van der Waals surface area (Å²) >= 11 is 9.31. The summed E-state index contributed by atoms with van der Waals surface area (Å²) in [6.07, 6.45) is 1.47. The minimum absolute atomic E-state index is 0.336. The lowest BCUT2D eigenvalue weighted by atomic mass is 10.2. The molecule has 5 nitrogen and oxygen atoms in total. The molecular weight excluding hydrogens is 320 g/mol. The molecule has 0 saturated heterocycles. The molecule has 0 unspecified atom stereocenters. The molecule has 0 bridgehead atoms. The summed E-state index contributed by atoms with van der Waals surface area (Å²) in [4.78, 5) is 12.1. The summed E-state index contributed by atoms with van der Waals surface area (Å²) in [5.74, 6) is 0.104. The van der Waals surface area contributed by atoms with Crippen LogP contribution in [-0.2, 0) is 7.05 Å². The van der Waals surface area contributed by atoms with E-state index >= 15 is 0 Å². The van der Waals surface area contributed by atoms with Crippen LogP contribution < -0.4 is 11.1 Å². The maximum Gasteiger partial charge on any atom is 0.258 e. The van der Waals surface area contributed by atoms with Crippen molar-refractivity contribution in [3.05, 3.63) is 39.5 Å². The van der Waals surface area contributed by atoms with Gasteiger partial charge in [-0.15, -0.1) is 0 Å². The third kappa shape index (κ3) is 2.34. The van der Waals surface area contributed by atoms with E-state index in [2.05, 4.69) is 26.3 Å². The van der Waals surface area contributed by atoms with Gasteiger partial charge in [-0.3, -0.25) is 9.48 Å². The van der Waals surface area contributed by atoms with Gasteiger partial charge in [0.05, 0.1) is 22.5 Å². The number of halogens is 2. The molecule has 0 atom stereocenters. The zero-order valence-corrected chi connectivity index (χ0v) is 11.8. The number of hydrogen-bond donors (Lipinski definition) is 2. The number of amides is 1. The Balaban J connectivity index is 2.31. The molecule has 0 saturated carbocycles. The number of carbonyl (C=O) groups is 1. The van der Waals surface area contributed by atoms with Crippen molar-refractivity contribution in [1.82, 2.24) is 9.78 Å². The van der Waals surface area contributed by atoms with Crippen LogP contribution in [0.5, 0.6) is 0 Å². The largest absolute Gasteiger partial charge is 0.394 e. The van der Waals surface area contributed by atoms with Crippen molar-refractivity contribution in [2.45, 2.75) is 0 Å². The predicted octanol–water partition coefficient (Wildman–Crippen LogP) is 2.67. The Labute approximate surface area is 117 Å². The first-order chi connectivity index (χ1) is 8.50. The molecule has 1 aromatic heterocycles. The highest BCUT2D eigenvalue weighted by atomic mass is 79.9. The lowest BCUT2D eigenvalue weighted by Crippen LogP contribution is -2.16. The first-order valence-corrected chi connectivity index (χ1v) is 6.20. The first kappa shape index (κ1) is 12.9. The highest BCUT2D eigenvalue weighted by Crippen LogP contribution is 2.27. The van der Waals surface area contributed by atoms with Crippen molar-refractivity contribution >= 4 is 44.9 Å². The van der Waals surface area contributed by atoms with Crippen LogP contribution in [0.25, 0.3) is 0 Å². The number of benzene rings is 1. The van der Waals surface area contributed by atoms with Gasteiger partial charge in [0.25, 0.3) is 5.91 Å². The van der Waals surface area contributed by atoms with Crippen LogP contribution in [0.15, 0.2) is 28.9 Å². The topological polar surface area (TPSA) is 72.9 Å². The second-order valence-corrected chi connectivity index (χ2v) is 4.86. The molecule has 1 amide bonds. The normalized spacial score (nSPS) is 10.4. The third-order valence-electron chi connectivity index (χ3n) is 2.40. The Morgan fingerprint density at radius 1 is 1.56 bits per heavy atom. The smallest absolute Gasteiger partial charge is 0.258 e. The fraction of sp³-hybridized carbons (Fsp3) is 0.0909. The maximum atomic E-state index is 12.1. The molecule has 0 aliphatic rings.